The van der Waals surface area contributed by atoms with E-state index in [-0.39, 0.29) is 6.10 Å². The summed E-state index contributed by atoms with van der Waals surface area (Å²) in [5, 5.41) is 8.64. The molecule has 1 unspecified atom stereocenters. The molecule has 0 heterocycles. The van der Waals surface area contributed by atoms with Gasteiger partial charge in [0.2, 0.25) is 0 Å². The summed E-state index contributed by atoms with van der Waals surface area (Å²) in [6, 6.07) is 0. The molecule has 0 bridgehead atoms. The van der Waals surface area contributed by atoms with Crippen LogP contribution in [0.1, 0.15) is 46.0 Å². The van der Waals surface area contributed by atoms with Gasteiger partial charge in [-0.05, 0) is 31.1 Å². The maximum Gasteiger partial charge on any atom is 0.0952 e. The van der Waals surface area contributed by atoms with Gasteiger partial charge in [0.15, 0.2) is 0 Å². The van der Waals surface area contributed by atoms with E-state index in [0.717, 1.165) is 12.3 Å². The number of hydrogen-bond donors (Lipinski definition) is 1. The van der Waals surface area contributed by atoms with Gasteiger partial charge in [0.25, 0.3) is 0 Å². The Morgan fingerprint density at radius 1 is 1.33 bits per heavy atom. The molecule has 1 saturated carbocycles. The lowest BCUT2D eigenvalue weighted by molar-refractivity contribution is -0.292. The third-order valence-electron chi connectivity index (χ3n) is 3.12. The van der Waals surface area contributed by atoms with E-state index in [4.69, 9.17) is 5.26 Å². The standard InChI is InChI=1S/C10H20O2/c1-3-10(12-11)9-6-4-8(2)5-7-9/h8-11H,3-7H2,1-2H3. The zero-order valence-electron chi connectivity index (χ0n) is 8.12. The minimum absolute atomic E-state index is 0.0810. The average Bonchev–Trinajstić information content (AvgIpc) is 2.10. The number of hydrogen-bond acceptors (Lipinski definition) is 2. The number of rotatable bonds is 3. The molecule has 0 spiro atoms. The minimum Gasteiger partial charge on any atom is -0.252 e. The Kier molecular flexibility index (Phi) is 4.02. The van der Waals surface area contributed by atoms with E-state index in [1.807, 2.05) is 0 Å². The molecule has 1 fully saturated rings. The highest BCUT2D eigenvalue weighted by Crippen LogP contribution is 2.32. The van der Waals surface area contributed by atoms with Gasteiger partial charge in [-0.3, -0.25) is 5.26 Å². The molecule has 72 valence electrons. The highest BCUT2D eigenvalue weighted by atomic mass is 17.1. The SMILES string of the molecule is CCC(OO)C1CCC(C)CC1. The Balaban J connectivity index is 2.32. The Bertz CT molecular complexity index is 113. The third kappa shape index (κ3) is 2.46. The van der Waals surface area contributed by atoms with Crippen molar-refractivity contribution in [3.63, 3.8) is 0 Å². The van der Waals surface area contributed by atoms with Crippen molar-refractivity contribution in [2.45, 2.75) is 52.1 Å². The molecule has 2 nitrogen and oxygen atoms in total. The zero-order chi connectivity index (χ0) is 8.97. The van der Waals surface area contributed by atoms with E-state index < -0.39 is 0 Å². The molecule has 0 aromatic heterocycles. The lowest BCUT2D eigenvalue weighted by Crippen LogP contribution is -2.26. The molecule has 0 radical (unpaired) electrons. The second-order valence-corrected chi connectivity index (χ2v) is 4.07. The summed E-state index contributed by atoms with van der Waals surface area (Å²) in [5.41, 5.74) is 0. The predicted octanol–water partition coefficient (Wildman–Crippen LogP) is 3.08. The van der Waals surface area contributed by atoms with Gasteiger partial charge in [-0.1, -0.05) is 26.7 Å². The van der Waals surface area contributed by atoms with Crippen LogP contribution in [0.3, 0.4) is 0 Å². The fraction of sp³-hybridized carbons (Fsp3) is 1.00. The van der Waals surface area contributed by atoms with Crippen LogP contribution in [-0.4, -0.2) is 11.4 Å². The fourth-order valence-corrected chi connectivity index (χ4v) is 2.15. The lowest BCUT2D eigenvalue weighted by atomic mass is 9.80. The van der Waals surface area contributed by atoms with Crippen LogP contribution in [0.25, 0.3) is 0 Å². The van der Waals surface area contributed by atoms with Crippen LogP contribution in [0.5, 0.6) is 0 Å². The zero-order valence-corrected chi connectivity index (χ0v) is 8.12. The lowest BCUT2D eigenvalue weighted by Gasteiger charge is -2.30. The summed E-state index contributed by atoms with van der Waals surface area (Å²) in [5.74, 6) is 1.47. The van der Waals surface area contributed by atoms with Gasteiger partial charge in [0.1, 0.15) is 0 Å². The van der Waals surface area contributed by atoms with Crippen LogP contribution in [0.15, 0.2) is 0 Å². The van der Waals surface area contributed by atoms with Crippen LogP contribution < -0.4 is 0 Å². The predicted molar refractivity (Wildman–Crippen MR) is 48.9 cm³/mol. The molecule has 0 aromatic rings. The maximum atomic E-state index is 8.64. The molecule has 1 atom stereocenters. The molecule has 2 heteroatoms. The van der Waals surface area contributed by atoms with E-state index in [1.54, 1.807) is 0 Å². The van der Waals surface area contributed by atoms with Crippen molar-refractivity contribution < 1.29 is 10.1 Å². The van der Waals surface area contributed by atoms with E-state index >= 15 is 0 Å². The largest absolute Gasteiger partial charge is 0.252 e. The normalized spacial score (nSPS) is 33.2. The van der Waals surface area contributed by atoms with Gasteiger partial charge < -0.3 is 0 Å². The summed E-state index contributed by atoms with van der Waals surface area (Å²) < 4.78 is 0. The summed E-state index contributed by atoms with van der Waals surface area (Å²) in [6.45, 7) is 4.37. The van der Waals surface area contributed by atoms with Gasteiger partial charge in [-0.2, -0.15) is 0 Å². The van der Waals surface area contributed by atoms with E-state index in [0.29, 0.717) is 5.92 Å². The van der Waals surface area contributed by atoms with Crippen molar-refractivity contribution in [3.05, 3.63) is 0 Å². The topological polar surface area (TPSA) is 29.5 Å². The highest BCUT2D eigenvalue weighted by Gasteiger charge is 2.25. The molecule has 1 aliphatic carbocycles. The van der Waals surface area contributed by atoms with Gasteiger partial charge >= 0.3 is 0 Å². The van der Waals surface area contributed by atoms with Crippen molar-refractivity contribution in [1.82, 2.24) is 0 Å². The van der Waals surface area contributed by atoms with Crippen molar-refractivity contribution in [2.75, 3.05) is 0 Å². The Morgan fingerprint density at radius 2 is 1.92 bits per heavy atom. The first-order chi connectivity index (χ1) is 5.77. The molecule has 1 aliphatic rings. The Labute approximate surface area is 74.9 Å². The second-order valence-electron chi connectivity index (χ2n) is 4.07. The van der Waals surface area contributed by atoms with Crippen molar-refractivity contribution in [1.29, 1.82) is 0 Å². The molecule has 0 aliphatic heterocycles. The van der Waals surface area contributed by atoms with Crippen LogP contribution >= 0.6 is 0 Å². The van der Waals surface area contributed by atoms with Crippen molar-refractivity contribution in [2.24, 2.45) is 11.8 Å². The maximum absolute atomic E-state index is 8.64. The quantitative estimate of drug-likeness (QED) is 0.523. The first-order valence-corrected chi connectivity index (χ1v) is 5.08. The minimum atomic E-state index is 0.0810. The molecule has 0 saturated heterocycles. The Morgan fingerprint density at radius 3 is 2.33 bits per heavy atom. The van der Waals surface area contributed by atoms with Gasteiger partial charge in [0, 0.05) is 0 Å². The van der Waals surface area contributed by atoms with Crippen LogP contribution in [0.4, 0.5) is 0 Å². The average molecular weight is 172 g/mol. The summed E-state index contributed by atoms with van der Waals surface area (Å²) >= 11 is 0. The third-order valence-corrected chi connectivity index (χ3v) is 3.12. The molecule has 12 heavy (non-hydrogen) atoms. The summed E-state index contributed by atoms with van der Waals surface area (Å²) in [7, 11) is 0. The molecule has 0 aromatic carbocycles. The summed E-state index contributed by atoms with van der Waals surface area (Å²) in [6.07, 6.45) is 6.04. The van der Waals surface area contributed by atoms with E-state index in [9.17, 15) is 0 Å². The van der Waals surface area contributed by atoms with Crippen LogP contribution in [0.2, 0.25) is 0 Å². The monoisotopic (exact) mass is 172 g/mol. The van der Waals surface area contributed by atoms with Crippen molar-refractivity contribution in [3.8, 4) is 0 Å². The highest BCUT2D eigenvalue weighted by molar-refractivity contribution is 4.75. The van der Waals surface area contributed by atoms with Gasteiger partial charge in [-0.25, -0.2) is 4.89 Å². The second kappa shape index (κ2) is 4.83. The summed E-state index contributed by atoms with van der Waals surface area (Å²) in [4.78, 5) is 4.47. The van der Waals surface area contributed by atoms with Crippen molar-refractivity contribution >= 4 is 0 Å². The van der Waals surface area contributed by atoms with Gasteiger partial charge in [-0.15, -0.1) is 0 Å². The fourth-order valence-electron chi connectivity index (χ4n) is 2.15. The first-order valence-electron chi connectivity index (χ1n) is 5.08. The van der Waals surface area contributed by atoms with Crippen LogP contribution in [-0.2, 0) is 4.89 Å². The first kappa shape index (κ1) is 10.0. The molecule has 1 rings (SSSR count). The van der Waals surface area contributed by atoms with E-state index in [2.05, 4.69) is 18.7 Å². The molecule has 0 amide bonds. The Hall–Kier alpha value is -0.0800. The molecule has 1 N–H and O–H groups in total. The molecular weight excluding hydrogens is 152 g/mol. The molecular formula is C10H20O2. The van der Waals surface area contributed by atoms with Crippen LogP contribution in [0, 0.1) is 11.8 Å². The van der Waals surface area contributed by atoms with E-state index in [1.165, 1.54) is 25.7 Å². The van der Waals surface area contributed by atoms with Gasteiger partial charge in [0.05, 0.1) is 6.10 Å². The smallest absolute Gasteiger partial charge is 0.0952 e.